The Morgan fingerprint density at radius 3 is 2.44 bits per heavy atom. The second kappa shape index (κ2) is 12.0. The summed E-state index contributed by atoms with van der Waals surface area (Å²) in [6.07, 6.45) is 1.70. The molecule has 2 rings (SSSR count). The van der Waals surface area contributed by atoms with E-state index in [1.807, 2.05) is 13.8 Å². The van der Waals surface area contributed by atoms with E-state index in [2.05, 4.69) is 20.3 Å². The van der Waals surface area contributed by atoms with Crippen molar-refractivity contribution in [2.75, 3.05) is 19.0 Å². The number of hydrogen-bond donors (Lipinski definition) is 4. The third-order valence-electron chi connectivity index (χ3n) is 4.68. The highest BCUT2D eigenvalue weighted by Gasteiger charge is 2.25. The Labute approximate surface area is 201 Å². The summed E-state index contributed by atoms with van der Waals surface area (Å²) in [5.74, 6) is -1.16. The number of anilines is 1. The van der Waals surface area contributed by atoms with Gasteiger partial charge in [0.25, 0.3) is 5.91 Å². The first-order valence-corrected chi connectivity index (χ1v) is 11.8. The fourth-order valence-electron chi connectivity index (χ4n) is 2.89. The van der Waals surface area contributed by atoms with Gasteiger partial charge >= 0.3 is 0 Å². The molecule has 9 nitrogen and oxygen atoms in total. The van der Waals surface area contributed by atoms with E-state index in [1.54, 1.807) is 13.8 Å². The molecule has 2 atom stereocenters. The molecule has 0 spiro atoms. The number of rotatable bonds is 11. The number of aromatic nitrogens is 1. The summed E-state index contributed by atoms with van der Waals surface area (Å²) < 4.78 is 33.8. The molecule has 2 amide bonds. The Hall–Kier alpha value is -2.89. The molecule has 0 saturated carbocycles. The smallest absolute Gasteiger partial charge is 0.251 e. The predicted molar refractivity (Wildman–Crippen MR) is 127 cm³/mol. The Morgan fingerprint density at radius 1 is 1.24 bits per heavy atom. The summed E-state index contributed by atoms with van der Waals surface area (Å²) in [7, 11) is -0.395. The van der Waals surface area contributed by atoms with Crippen molar-refractivity contribution in [3.05, 3.63) is 47.9 Å². The molecule has 0 aliphatic carbocycles. The van der Waals surface area contributed by atoms with Crippen molar-refractivity contribution < 1.29 is 28.0 Å². The molecule has 11 heteroatoms. The van der Waals surface area contributed by atoms with Gasteiger partial charge in [-0.3, -0.25) is 9.59 Å². The van der Waals surface area contributed by atoms with Gasteiger partial charge in [-0.25, -0.2) is 18.3 Å². The predicted octanol–water partition coefficient (Wildman–Crippen LogP) is 2.40. The van der Waals surface area contributed by atoms with E-state index in [1.165, 1.54) is 43.6 Å². The molecule has 0 bridgehead atoms. The number of nitrogens with zero attached hydrogens (tertiary/aromatic N) is 1. The van der Waals surface area contributed by atoms with Crippen LogP contribution in [-0.2, 0) is 15.8 Å². The average molecular weight is 495 g/mol. The van der Waals surface area contributed by atoms with E-state index in [-0.39, 0.29) is 34.6 Å². The van der Waals surface area contributed by atoms with Crippen molar-refractivity contribution in [1.82, 2.24) is 15.0 Å². The van der Waals surface area contributed by atoms with Crippen LogP contribution in [0.1, 0.15) is 44.5 Å². The van der Waals surface area contributed by atoms with E-state index < -0.39 is 40.2 Å². The van der Waals surface area contributed by atoms with Gasteiger partial charge in [0.15, 0.2) is 10.8 Å². The van der Waals surface area contributed by atoms with Crippen LogP contribution in [0.3, 0.4) is 0 Å². The molecule has 2 aromatic rings. The molecule has 0 aliphatic rings. The van der Waals surface area contributed by atoms with E-state index in [0.29, 0.717) is 6.42 Å². The van der Waals surface area contributed by atoms with Gasteiger partial charge in [0.2, 0.25) is 5.91 Å². The molecule has 0 radical (unpaired) electrons. The number of methoxy groups -OCH3 is 1. The summed E-state index contributed by atoms with van der Waals surface area (Å²) in [6, 6.07) is 5.65. The third kappa shape index (κ3) is 7.86. The number of benzene rings is 1. The number of halogens is 1. The van der Waals surface area contributed by atoms with E-state index in [0.717, 1.165) is 0 Å². The highest BCUT2D eigenvalue weighted by molar-refractivity contribution is 7.83. The van der Waals surface area contributed by atoms with Crippen molar-refractivity contribution in [1.29, 1.82) is 0 Å². The molecule has 1 aromatic carbocycles. The molecule has 186 valence electrons. The average Bonchev–Trinajstić information content (AvgIpc) is 2.78. The minimum Gasteiger partial charge on any atom is -0.494 e. The lowest BCUT2D eigenvalue weighted by Crippen LogP contribution is -2.44. The number of carbonyl (C=O) groups excluding carboxylic acids is 2. The van der Waals surface area contributed by atoms with Crippen LogP contribution in [0.4, 0.5) is 10.1 Å². The van der Waals surface area contributed by atoms with Gasteiger partial charge in [-0.2, -0.15) is 0 Å². The molecular weight excluding hydrogens is 463 g/mol. The minimum absolute atomic E-state index is 0.0997. The number of aliphatic hydroxyl groups excluding tert-OH is 1. The second-order valence-electron chi connectivity index (χ2n) is 8.80. The van der Waals surface area contributed by atoms with Crippen molar-refractivity contribution in [3.63, 3.8) is 0 Å². The van der Waals surface area contributed by atoms with Gasteiger partial charge in [-0.1, -0.05) is 13.8 Å². The fraction of sp³-hybridized carbons (Fsp3) is 0.435. The topological polar surface area (TPSA) is 130 Å². The normalized spacial score (nSPS) is 13.3. The highest BCUT2D eigenvalue weighted by Crippen LogP contribution is 2.24. The number of pyridine rings is 1. The Bertz CT molecular complexity index is 1030. The quantitative estimate of drug-likeness (QED) is 0.380. The van der Waals surface area contributed by atoms with Crippen LogP contribution < -0.4 is 20.1 Å². The van der Waals surface area contributed by atoms with Crippen molar-refractivity contribution in [2.45, 2.75) is 50.7 Å². The first-order valence-electron chi connectivity index (χ1n) is 10.7. The van der Waals surface area contributed by atoms with Crippen LogP contribution in [0, 0.1) is 11.7 Å². The summed E-state index contributed by atoms with van der Waals surface area (Å²) in [6.45, 7) is 6.96. The Balaban J connectivity index is 2.18. The van der Waals surface area contributed by atoms with Crippen LogP contribution in [-0.4, -0.2) is 51.4 Å². The number of nitrogens with one attached hydrogen (secondary N) is 3. The zero-order valence-electron chi connectivity index (χ0n) is 19.8. The summed E-state index contributed by atoms with van der Waals surface area (Å²) in [4.78, 5) is 29.7. The molecule has 1 aromatic heterocycles. The van der Waals surface area contributed by atoms with Crippen molar-refractivity contribution >= 4 is 28.5 Å². The molecule has 0 aliphatic heterocycles. The monoisotopic (exact) mass is 494 g/mol. The number of ether oxygens (including phenoxy) is 1. The standard InChI is InChI=1S/C23H31FN4O5S/c1-14(2)10-18(27-20(30)15-6-8-16(24)9-7-15)21(31)26-17-11-19(33-5)22(25-12-17)34(32)28-23(3,4)13-29/h6-9,11-12,14,18,28-29H,10,13H2,1-5H3,(H,26,31)(H,27,30). The van der Waals surface area contributed by atoms with E-state index in [4.69, 9.17) is 4.74 Å². The molecular formula is C23H31FN4O5S. The number of aliphatic hydroxyl groups is 1. The number of amides is 2. The first-order chi connectivity index (χ1) is 16.0. The van der Waals surface area contributed by atoms with Gasteiger partial charge in [-0.05, 0) is 50.5 Å². The Kier molecular flexibility index (Phi) is 9.66. The van der Waals surface area contributed by atoms with Gasteiger partial charge in [0.1, 0.15) is 22.8 Å². The first kappa shape index (κ1) is 27.4. The molecule has 2 unspecified atom stereocenters. The minimum atomic E-state index is -1.77. The van der Waals surface area contributed by atoms with Gasteiger partial charge in [-0.15, -0.1) is 0 Å². The SMILES string of the molecule is COc1cc(NC(=O)C(CC(C)C)NC(=O)c2ccc(F)cc2)cnc1S(=O)NC(C)(C)CO. The van der Waals surface area contributed by atoms with E-state index >= 15 is 0 Å². The van der Waals surface area contributed by atoms with Crippen molar-refractivity contribution in [2.24, 2.45) is 5.92 Å². The zero-order chi connectivity index (χ0) is 25.5. The van der Waals surface area contributed by atoms with Gasteiger partial charge in [0, 0.05) is 17.2 Å². The lowest BCUT2D eigenvalue weighted by molar-refractivity contribution is -0.118. The van der Waals surface area contributed by atoms with Crippen LogP contribution in [0.25, 0.3) is 0 Å². The second-order valence-corrected chi connectivity index (χ2v) is 9.92. The maximum Gasteiger partial charge on any atom is 0.251 e. The molecule has 0 saturated heterocycles. The summed E-state index contributed by atoms with van der Waals surface area (Å²) in [5.41, 5.74) is -0.290. The van der Waals surface area contributed by atoms with Gasteiger partial charge < -0.3 is 20.5 Å². The molecule has 34 heavy (non-hydrogen) atoms. The lowest BCUT2D eigenvalue weighted by atomic mass is 10.0. The van der Waals surface area contributed by atoms with Crippen LogP contribution in [0.2, 0.25) is 0 Å². The van der Waals surface area contributed by atoms with Gasteiger partial charge in [0.05, 0.1) is 25.6 Å². The summed E-state index contributed by atoms with van der Waals surface area (Å²) in [5, 5.41) is 14.9. The van der Waals surface area contributed by atoms with Crippen LogP contribution >= 0.6 is 0 Å². The number of carbonyl (C=O) groups is 2. The van der Waals surface area contributed by atoms with Crippen LogP contribution in [0.15, 0.2) is 41.6 Å². The van der Waals surface area contributed by atoms with Crippen molar-refractivity contribution in [3.8, 4) is 5.75 Å². The van der Waals surface area contributed by atoms with Crippen LogP contribution in [0.5, 0.6) is 5.75 Å². The lowest BCUT2D eigenvalue weighted by Gasteiger charge is -2.23. The maximum atomic E-state index is 13.1. The molecule has 1 heterocycles. The van der Waals surface area contributed by atoms with E-state index in [9.17, 15) is 23.3 Å². The summed E-state index contributed by atoms with van der Waals surface area (Å²) >= 11 is 0. The maximum absolute atomic E-state index is 13.1. The third-order valence-corrected chi connectivity index (χ3v) is 6.08. The molecule has 4 N–H and O–H groups in total. The molecule has 0 fully saturated rings. The highest BCUT2D eigenvalue weighted by atomic mass is 32.2. The largest absolute Gasteiger partial charge is 0.494 e. The fourth-order valence-corrected chi connectivity index (χ4v) is 4.03. The zero-order valence-corrected chi connectivity index (χ0v) is 20.7. The number of hydrogen-bond acceptors (Lipinski definition) is 6. The Morgan fingerprint density at radius 2 is 1.88 bits per heavy atom.